The smallest absolute Gasteiger partial charge is 0.225 e. The molecule has 0 saturated heterocycles. The summed E-state index contributed by atoms with van der Waals surface area (Å²) in [5.41, 5.74) is 0.210. The van der Waals surface area contributed by atoms with Gasteiger partial charge in [-0.1, -0.05) is 0 Å². The molecule has 0 unspecified atom stereocenters. The molecule has 0 aromatic heterocycles. The van der Waals surface area contributed by atoms with Crippen LogP contribution >= 0.6 is 0 Å². The fourth-order valence-corrected chi connectivity index (χ4v) is 0.682. The number of Topliss-reactive ketones (excluding diaryl/α,β-unsaturated/α-hetero) is 1. The molecule has 0 amide bonds. The number of ketones is 1. The van der Waals surface area contributed by atoms with Crippen LogP contribution in [0.15, 0.2) is 24.3 Å². The first kappa shape index (κ1) is 7.60. The lowest BCUT2D eigenvalue weighted by Crippen LogP contribution is -1.98. The maximum Gasteiger partial charge on any atom is 0.225 e. The van der Waals surface area contributed by atoms with Gasteiger partial charge in [-0.25, -0.2) is 4.39 Å². The highest BCUT2D eigenvalue weighted by atomic mass is 19.1. The SMILES string of the molecule is O=CC(=O)c1ccc(F)cc1. The first-order chi connectivity index (χ1) is 5.24. The number of hydrogen-bond donors (Lipinski definition) is 0. The fraction of sp³-hybridized carbons (Fsp3) is 0. The van der Waals surface area contributed by atoms with E-state index in [-0.39, 0.29) is 11.8 Å². The van der Waals surface area contributed by atoms with Crippen molar-refractivity contribution in [2.24, 2.45) is 0 Å². The van der Waals surface area contributed by atoms with Crippen LogP contribution in [0.1, 0.15) is 10.4 Å². The highest BCUT2D eigenvalue weighted by Gasteiger charge is 2.01. The van der Waals surface area contributed by atoms with E-state index in [0.717, 1.165) is 12.1 Å². The van der Waals surface area contributed by atoms with Crippen molar-refractivity contribution in [1.82, 2.24) is 0 Å². The summed E-state index contributed by atoms with van der Waals surface area (Å²) in [6.45, 7) is 0. The summed E-state index contributed by atoms with van der Waals surface area (Å²) in [4.78, 5) is 20.6. The third-order valence-electron chi connectivity index (χ3n) is 1.24. The number of hydrogen-bond acceptors (Lipinski definition) is 2. The Hall–Kier alpha value is -1.51. The zero-order chi connectivity index (χ0) is 8.27. The topological polar surface area (TPSA) is 34.1 Å². The van der Waals surface area contributed by atoms with Gasteiger partial charge < -0.3 is 0 Å². The molecule has 0 fully saturated rings. The highest BCUT2D eigenvalue weighted by molar-refractivity contribution is 6.33. The fourth-order valence-electron chi connectivity index (χ4n) is 0.682. The van der Waals surface area contributed by atoms with Crippen molar-refractivity contribution >= 4 is 12.1 Å². The number of carbonyl (C=O) groups excluding carboxylic acids is 2. The van der Waals surface area contributed by atoms with E-state index in [4.69, 9.17) is 0 Å². The molecule has 0 aliphatic heterocycles. The van der Waals surface area contributed by atoms with E-state index < -0.39 is 11.6 Å². The van der Waals surface area contributed by atoms with Gasteiger partial charge in [-0.3, -0.25) is 9.59 Å². The van der Waals surface area contributed by atoms with Gasteiger partial charge in [-0.05, 0) is 24.3 Å². The van der Waals surface area contributed by atoms with Crippen LogP contribution in [0.4, 0.5) is 4.39 Å². The molecule has 2 nitrogen and oxygen atoms in total. The molecule has 1 aromatic carbocycles. The standard InChI is InChI=1S/C8H5FO2/c9-7-3-1-6(2-4-7)8(11)5-10/h1-5H. The maximum atomic E-state index is 12.3. The van der Waals surface area contributed by atoms with Gasteiger partial charge in [0.25, 0.3) is 0 Å². The molecule has 0 spiro atoms. The van der Waals surface area contributed by atoms with Gasteiger partial charge in [0.1, 0.15) is 5.82 Å². The predicted octanol–water partition coefficient (Wildman–Crippen LogP) is 1.21. The number of carbonyl (C=O) groups is 2. The highest BCUT2D eigenvalue weighted by Crippen LogP contribution is 2.01. The average Bonchev–Trinajstić information content (AvgIpc) is 2.05. The predicted molar refractivity (Wildman–Crippen MR) is 36.8 cm³/mol. The van der Waals surface area contributed by atoms with Crippen LogP contribution < -0.4 is 0 Å². The number of halogens is 1. The molecule has 0 aliphatic rings. The van der Waals surface area contributed by atoms with Crippen LogP contribution in [0.2, 0.25) is 0 Å². The summed E-state index contributed by atoms with van der Waals surface area (Å²) in [5.74, 6) is -1.06. The Morgan fingerprint density at radius 2 is 1.82 bits per heavy atom. The molecular weight excluding hydrogens is 147 g/mol. The number of benzene rings is 1. The van der Waals surface area contributed by atoms with E-state index in [1.807, 2.05) is 0 Å². The van der Waals surface area contributed by atoms with E-state index in [2.05, 4.69) is 0 Å². The molecule has 3 heteroatoms. The minimum Gasteiger partial charge on any atom is -0.294 e. The summed E-state index contributed by atoms with van der Waals surface area (Å²) in [7, 11) is 0. The van der Waals surface area contributed by atoms with Gasteiger partial charge in [0.2, 0.25) is 5.78 Å². The van der Waals surface area contributed by atoms with E-state index >= 15 is 0 Å². The molecule has 11 heavy (non-hydrogen) atoms. The van der Waals surface area contributed by atoms with E-state index in [1.165, 1.54) is 12.1 Å². The maximum absolute atomic E-state index is 12.3. The number of rotatable bonds is 2. The van der Waals surface area contributed by atoms with Crippen LogP contribution in [0.5, 0.6) is 0 Å². The molecule has 0 radical (unpaired) electrons. The third kappa shape index (κ3) is 1.70. The summed E-state index contributed by atoms with van der Waals surface area (Å²) >= 11 is 0. The first-order valence-corrected chi connectivity index (χ1v) is 2.99. The quantitative estimate of drug-likeness (QED) is 0.362. The van der Waals surface area contributed by atoms with Crippen LogP contribution in [-0.4, -0.2) is 12.1 Å². The molecule has 0 aliphatic carbocycles. The number of aldehydes is 1. The lowest BCUT2D eigenvalue weighted by molar-refractivity contribution is -0.104. The van der Waals surface area contributed by atoms with E-state index in [0.29, 0.717) is 0 Å². The molecule has 0 heterocycles. The van der Waals surface area contributed by atoms with Gasteiger partial charge in [-0.2, -0.15) is 0 Å². The van der Waals surface area contributed by atoms with Crippen LogP contribution in [0.25, 0.3) is 0 Å². The molecule has 0 saturated carbocycles. The second kappa shape index (κ2) is 3.05. The summed E-state index contributed by atoms with van der Waals surface area (Å²) < 4.78 is 12.3. The second-order valence-electron chi connectivity index (χ2n) is 1.99. The second-order valence-corrected chi connectivity index (χ2v) is 1.99. The van der Waals surface area contributed by atoms with Crippen molar-refractivity contribution in [1.29, 1.82) is 0 Å². The van der Waals surface area contributed by atoms with Crippen LogP contribution in [0, 0.1) is 5.82 Å². The summed E-state index contributed by atoms with van der Waals surface area (Å²) in [6.07, 6.45) is 0.202. The van der Waals surface area contributed by atoms with Gasteiger partial charge in [-0.15, -0.1) is 0 Å². The summed E-state index contributed by atoms with van der Waals surface area (Å²) in [6, 6.07) is 4.81. The lowest BCUT2D eigenvalue weighted by Gasteiger charge is -1.91. The van der Waals surface area contributed by atoms with E-state index in [9.17, 15) is 14.0 Å². The Bertz CT molecular complexity index is 277. The zero-order valence-corrected chi connectivity index (χ0v) is 5.58. The van der Waals surface area contributed by atoms with Crippen molar-refractivity contribution < 1.29 is 14.0 Å². The first-order valence-electron chi connectivity index (χ1n) is 2.99. The Balaban J connectivity index is 2.98. The average molecular weight is 152 g/mol. The minimum absolute atomic E-state index is 0.202. The largest absolute Gasteiger partial charge is 0.294 e. The van der Waals surface area contributed by atoms with Crippen LogP contribution in [-0.2, 0) is 4.79 Å². The van der Waals surface area contributed by atoms with Gasteiger partial charge in [0, 0.05) is 5.56 Å². The zero-order valence-electron chi connectivity index (χ0n) is 5.58. The summed E-state index contributed by atoms with van der Waals surface area (Å²) in [5, 5.41) is 0. The Morgan fingerprint density at radius 1 is 1.27 bits per heavy atom. The van der Waals surface area contributed by atoms with Crippen molar-refractivity contribution in [2.45, 2.75) is 0 Å². The van der Waals surface area contributed by atoms with Crippen molar-refractivity contribution in [2.75, 3.05) is 0 Å². The van der Waals surface area contributed by atoms with Crippen LogP contribution in [0.3, 0.4) is 0 Å². The molecule has 0 atom stereocenters. The Kier molecular flexibility index (Phi) is 2.11. The monoisotopic (exact) mass is 152 g/mol. The Labute approximate surface area is 62.6 Å². The van der Waals surface area contributed by atoms with Crippen molar-refractivity contribution in [3.05, 3.63) is 35.6 Å². The van der Waals surface area contributed by atoms with Gasteiger partial charge >= 0.3 is 0 Å². The molecule has 56 valence electrons. The Morgan fingerprint density at radius 3 is 2.27 bits per heavy atom. The molecule has 0 N–H and O–H groups in total. The molecule has 1 aromatic rings. The van der Waals surface area contributed by atoms with Crippen molar-refractivity contribution in [3.63, 3.8) is 0 Å². The third-order valence-corrected chi connectivity index (χ3v) is 1.24. The lowest BCUT2D eigenvalue weighted by atomic mass is 10.1. The van der Waals surface area contributed by atoms with Gasteiger partial charge in [0.05, 0.1) is 0 Å². The molecule has 1 rings (SSSR count). The molecule has 0 bridgehead atoms. The normalized spacial score (nSPS) is 9.18. The minimum atomic E-state index is -0.634. The van der Waals surface area contributed by atoms with Crippen molar-refractivity contribution in [3.8, 4) is 0 Å². The van der Waals surface area contributed by atoms with E-state index in [1.54, 1.807) is 0 Å². The van der Waals surface area contributed by atoms with Gasteiger partial charge in [0.15, 0.2) is 6.29 Å². The molecular formula is C8H5FO2.